The Labute approximate surface area is 226 Å². The number of nitrogens with zero attached hydrogens (tertiary/aromatic N) is 2. The molecule has 1 aliphatic heterocycles. The highest BCUT2D eigenvalue weighted by Crippen LogP contribution is 2.67. The Morgan fingerprint density at radius 2 is 2.11 bits per heavy atom. The third kappa shape index (κ3) is 6.66. The van der Waals surface area contributed by atoms with Crippen LogP contribution in [0.2, 0.25) is 25.7 Å². The predicted octanol–water partition coefficient (Wildman–Crippen LogP) is 6.25. The molecule has 0 bridgehead atoms. The maximum Gasteiger partial charge on any atom is 0.418 e. The second-order valence-electron chi connectivity index (χ2n) is 11.9. The minimum absolute atomic E-state index is 0.0287. The Bertz CT molecular complexity index is 1110. The van der Waals surface area contributed by atoms with E-state index in [9.17, 15) is 4.79 Å². The van der Waals surface area contributed by atoms with E-state index in [-0.39, 0.29) is 12.6 Å². The summed E-state index contributed by atoms with van der Waals surface area (Å²) in [6.45, 7) is 17.2. The van der Waals surface area contributed by atoms with Gasteiger partial charge in [-0.2, -0.15) is 0 Å². The molecule has 0 radical (unpaired) electrons. The number of terminal acetylenes is 1. The number of hydrogen-bond donors (Lipinski definition) is 0. The zero-order chi connectivity index (χ0) is 27.6. The van der Waals surface area contributed by atoms with Crippen molar-refractivity contribution >= 4 is 31.1 Å². The minimum atomic E-state index is -1.33. The first-order valence-corrected chi connectivity index (χ1v) is 17.0. The van der Waals surface area contributed by atoms with E-state index in [1.807, 2.05) is 20.8 Å². The van der Waals surface area contributed by atoms with Gasteiger partial charge in [-0.3, -0.25) is 0 Å². The van der Waals surface area contributed by atoms with Crippen molar-refractivity contribution in [2.45, 2.75) is 68.8 Å². The molecule has 9 heteroatoms. The summed E-state index contributed by atoms with van der Waals surface area (Å²) in [4.78, 5) is 19.8. The highest BCUT2D eigenvalue weighted by molar-refractivity contribution is 8.15. The number of hydrogen-bond acceptors (Lipinski definition) is 6. The maximum absolute atomic E-state index is 15.3. The third-order valence-electron chi connectivity index (χ3n) is 6.46. The molecule has 0 aromatic heterocycles. The van der Waals surface area contributed by atoms with Crippen molar-refractivity contribution in [1.29, 1.82) is 0 Å². The normalized spacial score (nSPS) is 24.9. The van der Waals surface area contributed by atoms with Gasteiger partial charge in [-0.25, -0.2) is 19.1 Å². The van der Waals surface area contributed by atoms with E-state index in [1.54, 1.807) is 25.3 Å². The summed E-state index contributed by atoms with van der Waals surface area (Å²) in [5.74, 6) is 2.07. The van der Waals surface area contributed by atoms with Gasteiger partial charge in [-0.15, -0.1) is 13.0 Å². The molecule has 3 rings (SSSR count). The van der Waals surface area contributed by atoms with Crippen LogP contribution in [0.25, 0.3) is 0 Å². The van der Waals surface area contributed by atoms with E-state index in [0.717, 1.165) is 6.04 Å². The Balaban J connectivity index is 2.09. The standard InChI is InChI=1S/C28H39FN2O4SSi/c1-10-20-12-13-22(29)21(16-20)28(11-2)23-17-27(23,18-33-6)36-24(30-28)31(25(32)35-26(3,4)5)19-34-14-15-37(7,8)9/h1,11-13,16,23H,2,14-15,17-19H2,3-9H3/t23?,27-,28-/m1/s1. The average molecular weight is 547 g/mol. The smallest absolute Gasteiger partial charge is 0.418 e. The zero-order valence-electron chi connectivity index (χ0n) is 23.0. The summed E-state index contributed by atoms with van der Waals surface area (Å²) in [5, 5.41) is 0.387. The first-order chi connectivity index (χ1) is 17.2. The molecule has 202 valence electrons. The van der Waals surface area contributed by atoms with Crippen molar-refractivity contribution in [3.63, 3.8) is 0 Å². The second-order valence-corrected chi connectivity index (χ2v) is 18.9. The van der Waals surface area contributed by atoms with Gasteiger partial charge in [-0.05, 0) is 51.4 Å². The van der Waals surface area contributed by atoms with Crippen molar-refractivity contribution in [3.05, 3.63) is 47.8 Å². The van der Waals surface area contributed by atoms with E-state index in [2.05, 4.69) is 32.1 Å². The molecule has 0 spiro atoms. The van der Waals surface area contributed by atoms with Gasteiger partial charge in [0.1, 0.15) is 23.7 Å². The molecule has 1 fully saturated rings. The maximum atomic E-state index is 15.3. The molecule has 2 aliphatic rings. The van der Waals surface area contributed by atoms with Gasteiger partial charge in [0.05, 0.1) is 11.4 Å². The number of thioether (sulfide) groups is 1. The van der Waals surface area contributed by atoms with Crippen LogP contribution in [0, 0.1) is 24.1 Å². The average Bonchev–Trinajstić information content (AvgIpc) is 3.51. The first-order valence-electron chi connectivity index (χ1n) is 12.5. The minimum Gasteiger partial charge on any atom is -0.443 e. The number of carbonyl (C=O) groups is 1. The van der Waals surface area contributed by atoms with Crippen LogP contribution >= 0.6 is 11.8 Å². The highest BCUT2D eigenvalue weighted by atomic mass is 32.2. The molecule has 1 aliphatic carbocycles. The summed E-state index contributed by atoms with van der Waals surface area (Å²) in [6, 6.07) is 5.52. The molecule has 0 N–H and O–H groups in total. The molecule has 6 nitrogen and oxygen atoms in total. The van der Waals surface area contributed by atoms with Crippen molar-refractivity contribution in [2.75, 3.05) is 27.1 Å². The topological polar surface area (TPSA) is 60.4 Å². The fraction of sp³-hybridized carbons (Fsp3) is 0.571. The molecular weight excluding hydrogens is 507 g/mol. The fourth-order valence-electron chi connectivity index (χ4n) is 4.45. The summed E-state index contributed by atoms with van der Waals surface area (Å²) in [5.41, 5.74) is -0.969. The zero-order valence-corrected chi connectivity index (χ0v) is 24.8. The second kappa shape index (κ2) is 10.9. The lowest BCUT2D eigenvalue weighted by Crippen LogP contribution is -2.46. The van der Waals surface area contributed by atoms with Crippen molar-refractivity contribution < 1.29 is 23.4 Å². The lowest BCUT2D eigenvalue weighted by molar-refractivity contribution is 0.0110. The molecule has 1 unspecified atom stereocenters. The van der Waals surface area contributed by atoms with Crippen LogP contribution in [-0.4, -0.2) is 61.6 Å². The van der Waals surface area contributed by atoms with Crippen LogP contribution in [0.1, 0.15) is 38.3 Å². The molecular formula is C28H39FN2O4SSi. The Hall–Kier alpha value is -2.12. The van der Waals surface area contributed by atoms with Gasteiger partial charge in [0.15, 0.2) is 5.17 Å². The number of aliphatic imine (C=N–C) groups is 1. The molecule has 0 saturated heterocycles. The van der Waals surface area contributed by atoms with Crippen molar-refractivity contribution in [2.24, 2.45) is 10.9 Å². The van der Waals surface area contributed by atoms with E-state index < -0.39 is 35.9 Å². The molecule has 1 saturated carbocycles. The predicted molar refractivity (Wildman–Crippen MR) is 151 cm³/mol. The van der Waals surface area contributed by atoms with Crippen LogP contribution in [0.5, 0.6) is 0 Å². The van der Waals surface area contributed by atoms with Gasteiger partial charge in [-0.1, -0.05) is 43.4 Å². The molecule has 3 atom stereocenters. The van der Waals surface area contributed by atoms with Crippen molar-refractivity contribution in [3.8, 4) is 12.3 Å². The Kier molecular flexibility index (Phi) is 8.70. The molecule has 1 aromatic rings. The number of fused-ring (bicyclic) bond motifs is 1. The monoisotopic (exact) mass is 546 g/mol. The number of halogens is 1. The molecule has 1 aromatic carbocycles. The number of carbonyl (C=O) groups excluding carboxylic acids is 1. The van der Waals surface area contributed by atoms with E-state index in [4.69, 9.17) is 25.6 Å². The van der Waals surface area contributed by atoms with E-state index >= 15 is 4.39 Å². The fourth-order valence-corrected chi connectivity index (χ4v) is 6.75. The number of amides is 1. The summed E-state index contributed by atoms with van der Waals surface area (Å²) in [6.07, 6.45) is 7.43. The lowest BCUT2D eigenvalue weighted by Gasteiger charge is -2.38. The highest BCUT2D eigenvalue weighted by Gasteiger charge is 2.68. The molecule has 37 heavy (non-hydrogen) atoms. The Morgan fingerprint density at radius 1 is 1.41 bits per heavy atom. The molecule has 1 amide bonds. The van der Waals surface area contributed by atoms with Gasteiger partial charge < -0.3 is 14.2 Å². The van der Waals surface area contributed by atoms with Gasteiger partial charge in [0, 0.05) is 38.8 Å². The van der Waals surface area contributed by atoms with Crippen molar-refractivity contribution in [1.82, 2.24) is 4.90 Å². The van der Waals surface area contributed by atoms with Crippen LogP contribution in [-0.2, 0) is 19.7 Å². The van der Waals surface area contributed by atoms with Crippen LogP contribution in [0.3, 0.4) is 0 Å². The SMILES string of the molecule is C#Cc1ccc(F)c([C@@]2(C=C)N=C(N(COCC[Si](C)(C)C)C(=O)OC(C)(C)C)S[C@@]3(COC)CC32)c1. The van der Waals surface area contributed by atoms with Gasteiger partial charge >= 0.3 is 6.09 Å². The Morgan fingerprint density at radius 3 is 2.68 bits per heavy atom. The van der Waals surface area contributed by atoms with E-state index in [0.29, 0.717) is 35.9 Å². The lowest BCUT2D eigenvalue weighted by atomic mass is 9.83. The van der Waals surface area contributed by atoms with Crippen LogP contribution < -0.4 is 0 Å². The number of amidine groups is 1. The summed E-state index contributed by atoms with van der Waals surface area (Å²) in [7, 11) is 0.303. The molecule has 1 heterocycles. The number of rotatable bonds is 9. The van der Waals surface area contributed by atoms with Gasteiger partial charge in [0.2, 0.25) is 0 Å². The van der Waals surface area contributed by atoms with Crippen LogP contribution in [0.15, 0.2) is 35.8 Å². The third-order valence-corrected chi connectivity index (χ3v) is 9.63. The number of methoxy groups -OCH3 is 1. The van der Waals surface area contributed by atoms with E-state index in [1.165, 1.54) is 22.7 Å². The van der Waals surface area contributed by atoms with Gasteiger partial charge in [0.25, 0.3) is 0 Å². The quantitative estimate of drug-likeness (QED) is 0.121. The summed E-state index contributed by atoms with van der Waals surface area (Å²) >= 11 is 1.45. The first kappa shape index (κ1) is 29.4. The van der Waals surface area contributed by atoms with Crippen LogP contribution in [0.4, 0.5) is 9.18 Å². The summed E-state index contributed by atoms with van der Waals surface area (Å²) < 4.78 is 32.2. The number of benzene rings is 1. The largest absolute Gasteiger partial charge is 0.443 e. The number of ether oxygens (including phenoxy) is 3.